The minimum absolute atomic E-state index is 0.00505. The van der Waals surface area contributed by atoms with Gasteiger partial charge >= 0.3 is 0 Å². The summed E-state index contributed by atoms with van der Waals surface area (Å²) in [5.74, 6) is 0.791. The van der Waals surface area contributed by atoms with Crippen molar-refractivity contribution in [1.82, 2.24) is 14.6 Å². The van der Waals surface area contributed by atoms with E-state index in [1.807, 2.05) is 6.07 Å². The molecule has 0 radical (unpaired) electrons. The highest BCUT2D eigenvalue weighted by Crippen LogP contribution is 2.29. The summed E-state index contributed by atoms with van der Waals surface area (Å²) < 4.78 is 30.9. The van der Waals surface area contributed by atoms with E-state index in [2.05, 4.69) is 15.0 Å². The van der Waals surface area contributed by atoms with E-state index in [0.717, 1.165) is 42.8 Å². The molecule has 2 bridgehead atoms. The Labute approximate surface area is 128 Å². The molecule has 0 amide bonds. The van der Waals surface area contributed by atoms with Gasteiger partial charge in [-0.15, -0.1) is 5.10 Å². The molecule has 0 aromatic carbocycles. The second-order valence-electron chi connectivity index (χ2n) is 6.18. The van der Waals surface area contributed by atoms with Crippen LogP contribution in [0.4, 0.5) is 5.82 Å². The van der Waals surface area contributed by atoms with Crippen LogP contribution in [0.5, 0.6) is 0 Å². The maximum atomic E-state index is 11.7. The van der Waals surface area contributed by atoms with Crippen molar-refractivity contribution in [2.75, 3.05) is 24.2 Å². The van der Waals surface area contributed by atoms with Crippen molar-refractivity contribution in [3.05, 3.63) is 24.2 Å². The van der Waals surface area contributed by atoms with Crippen LogP contribution in [-0.2, 0) is 20.3 Å². The molecule has 2 aliphatic rings. The number of nitrogens with zero attached hydrogens (tertiary/aromatic N) is 4. The first-order valence-corrected chi connectivity index (χ1v) is 9.44. The topological polar surface area (TPSA) is 76.8 Å². The number of fused-ring (bicyclic) bond motifs is 3. The van der Waals surface area contributed by atoms with E-state index in [9.17, 15) is 8.42 Å². The normalized spacial score (nSPS) is 25.0. The molecule has 0 aliphatic carbocycles. The summed E-state index contributed by atoms with van der Waals surface area (Å²) in [4.78, 5) is 6.27. The monoisotopic (exact) mass is 322 g/mol. The van der Waals surface area contributed by atoms with Crippen LogP contribution in [0, 0.1) is 0 Å². The first kappa shape index (κ1) is 14.0. The van der Waals surface area contributed by atoms with Crippen molar-refractivity contribution in [3.63, 3.8) is 0 Å². The Morgan fingerprint density at radius 2 is 2.05 bits per heavy atom. The summed E-state index contributed by atoms with van der Waals surface area (Å²) in [6.07, 6.45) is 7.21. The maximum Gasteiger partial charge on any atom is 0.151 e. The summed E-state index contributed by atoms with van der Waals surface area (Å²) in [7, 11) is -3.12. The number of hydrogen-bond donors (Lipinski definition) is 0. The van der Waals surface area contributed by atoms with Crippen LogP contribution >= 0.6 is 0 Å². The predicted octanol–water partition coefficient (Wildman–Crippen LogP) is 0.641. The fourth-order valence-electron chi connectivity index (χ4n) is 3.32. The van der Waals surface area contributed by atoms with Gasteiger partial charge in [-0.05, 0) is 24.5 Å². The zero-order valence-corrected chi connectivity index (χ0v) is 13.2. The molecule has 2 fully saturated rings. The van der Waals surface area contributed by atoms with E-state index < -0.39 is 9.84 Å². The third kappa shape index (κ3) is 2.56. The third-order valence-corrected chi connectivity index (χ3v) is 5.08. The van der Waals surface area contributed by atoms with E-state index in [0.29, 0.717) is 0 Å². The molecule has 4 heterocycles. The zero-order valence-electron chi connectivity index (χ0n) is 12.3. The standard InChI is InChI=1S/C14H18N4O3S/c1-22(19,20)8-10-4-14(16-18-9-15-5-13(10)18)17-6-11-2-3-12(7-17)21-11/h4-5,9,11-12H,2-3,6-8H2,1H3/t11-,12+. The fraction of sp³-hybridized carbons (Fsp3) is 0.571. The minimum Gasteiger partial charge on any atom is -0.371 e. The van der Waals surface area contributed by atoms with Gasteiger partial charge in [0.25, 0.3) is 0 Å². The summed E-state index contributed by atoms with van der Waals surface area (Å²) >= 11 is 0. The summed E-state index contributed by atoms with van der Waals surface area (Å²) in [6, 6.07) is 1.88. The SMILES string of the molecule is CS(=O)(=O)Cc1cc(N2C[C@H]3CC[C@@H](C2)O3)nn2cncc12. The first-order chi connectivity index (χ1) is 10.5. The van der Waals surface area contributed by atoms with Crippen molar-refractivity contribution >= 4 is 21.2 Å². The molecule has 2 aromatic rings. The average molecular weight is 322 g/mol. The number of aromatic nitrogens is 3. The molecule has 0 spiro atoms. The molecule has 22 heavy (non-hydrogen) atoms. The highest BCUT2D eigenvalue weighted by Gasteiger charge is 2.34. The van der Waals surface area contributed by atoms with E-state index in [1.54, 1.807) is 17.0 Å². The number of hydrogen-bond acceptors (Lipinski definition) is 6. The minimum atomic E-state index is -3.12. The second-order valence-corrected chi connectivity index (χ2v) is 8.32. The predicted molar refractivity (Wildman–Crippen MR) is 81.6 cm³/mol. The van der Waals surface area contributed by atoms with Crippen molar-refractivity contribution in [1.29, 1.82) is 0 Å². The number of sulfone groups is 1. The van der Waals surface area contributed by atoms with Crippen LogP contribution in [0.25, 0.3) is 5.52 Å². The number of morpholine rings is 1. The lowest BCUT2D eigenvalue weighted by Crippen LogP contribution is -2.43. The molecule has 8 heteroatoms. The van der Waals surface area contributed by atoms with Crippen molar-refractivity contribution in [2.45, 2.75) is 30.8 Å². The molecule has 118 valence electrons. The fourth-order valence-corrected chi connectivity index (χ4v) is 4.12. The first-order valence-electron chi connectivity index (χ1n) is 7.38. The summed E-state index contributed by atoms with van der Waals surface area (Å²) in [5.41, 5.74) is 1.48. The molecule has 0 N–H and O–H groups in total. The Morgan fingerprint density at radius 3 is 2.73 bits per heavy atom. The zero-order chi connectivity index (χ0) is 15.3. The molecule has 4 rings (SSSR count). The van der Waals surface area contributed by atoms with Gasteiger partial charge in [-0.1, -0.05) is 0 Å². The van der Waals surface area contributed by atoms with Crippen LogP contribution in [0.3, 0.4) is 0 Å². The number of ether oxygens (including phenoxy) is 1. The molecule has 0 saturated carbocycles. The maximum absolute atomic E-state index is 11.7. The largest absolute Gasteiger partial charge is 0.371 e. The Morgan fingerprint density at radius 1 is 1.32 bits per heavy atom. The molecule has 7 nitrogen and oxygen atoms in total. The molecule has 2 atom stereocenters. The van der Waals surface area contributed by atoms with Crippen LogP contribution in [0.2, 0.25) is 0 Å². The van der Waals surface area contributed by atoms with Crippen molar-refractivity contribution < 1.29 is 13.2 Å². The van der Waals surface area contributed by atoms with Gasteiger partial charge in [0.15, 0.2) is 9.84 Å². The highest BCUT2D eigenvalue weighted by molar-refractivity contribution is 7.89. The van der Waals surface area contributed by atoms with Crippen molar-refractivity contribution in [3.8, 4) is 0 Å². The summed E-state index contributed by atoms with van der Waals surface area (Å²) in [6.45, 7) is 1.62. The van der Waals surface area contributed by atoms with Gasteiger partial charge in [0.2, 0.25) is 0 Å². The third-order valence-electron chi connectivity index (χ3n) is 4.25. The lowest BCUT2D eigenvalue weighted by Gasteiger charge is -2.33. The number of imidazole rings is 1. The lowest BCUT2D eigenvalue weighted by atomic mass is 10.2. The molecular weight excluding hydrogens is 304 g/mol. The van der Waals surface area contributed by atoms with Gasteiger partial charge in [0.05, 0.1) is 29.7 Å². The Kier molecular flexibility index (Phi) is 3.12. The second kappa shape index (κ2) is 4.92. The smallest absolute Gasteiger partial charge is 0.151 e. The Balaban J connectivity index is 1.75. The van der Waals surface area contributed by atoms with Crippen LogP contribution < -0.4 is 4.90 Å². The van der Waals surface area contributed by atoms with Gasteiger partial charge in [-0.3, -0.25) is 0 Å². The molecular formula is C14H18N4O3S. The number of anilines is 1. The van der Waals surface area contributed by atoms with Gasteiger partial charge in [0, 0.05) is 19.3 Å². The average Bonchev–Trinajstić information content (AvgIpc) is 3.03. The molecule has 0 unspecified atom stereocenters. The Hall–Kier alpha value is -1.67. The van der Waals surface area contributed by atoms with Crippen LogP contribution in [0.1, 0.15) is 18.4 Å². The molecule has 2 aliphatic heterocycles. The van der Waals surface area contributed by atoms with E-state index in [-0.39, 0.29) is 18.0 Å². The molecule has 2 saturated heterocycles. The Bertz CT molecular complexity index is 805. The van der Waals surface area contributed by atoms with E-state index >= 15 is 0 Å². The summed E-state index contributed by atoms with van der Waals surface area (Å²) in [5, 5.41) is 4.58. The van der Waals surface area contributed by atoms with Gasteiger partial charge < -0.3 is 9.64 Å². The van der Waals surface area contributed by atoms with Crippen molar-refractivity contribution in [2.24, 2.45) is 0 Å². The van der Waals surface area contributed by atoms with E-state index in [1.165, 1.54) is 6.26 Å². The number of rotatable bonds is 3. The van der Waals surface area contributed by atoms with Crippen LogP contribution in [0.15, 0.2) is 18.6 Å². The lowest BCUT2D eigenvalue weighted by molar-refractivity contribution is 0.0301. The van der Waals surface area contributed by atoms with Crippen LogP contribution in [-0.4, -0.2) is 54.6 Å². The van der Waals surface area contributed by atoms with Gasteiger partial charge in [-0.2, -0.15) is 0 Å². The van der Waals surface area contributed by atoms with Gasteiger partial charge in [-0.25, -0.2) is 17.9 Å². The quantitative estimate of drug-likeness (QED) is 0.825. The molecule has 2 aromatic heterocycles. The highest BCUT2D eigenvalue weighted by atomic mass is 32.2. The van der Waals surface area contributed by atoms with E-state index in [4.69, 9.17) is 4.74 Å². The van der Waals surface area contributed by atoms with Gasteiger partial charge in [0.1, 0.15) is 12.1 Å².